The molecule has 1 atom stereocenters. The number of anilines is 1. The Morgan fingerprint density at radius 3 is 2.57 bits per heavy atom. The van der Waals surface area contributed by atoms with Crippen LogP contribution >= 0.6 is 23.2 Å². The lowest BCUT2D eigenvalue weighted by atomic mass is 10.1. The van der Waals surface area contributed by atoms with E-state index in [2.05, 4.69) is 5.32 Å². The van der Waals surface area contributed by atoms with E-state index in [0.29, 0.717) is 59.0 Å². The summed E-state index contributed by atoms with van der Waals surface area (Å²) in [5.74, 6) is 0.779. The van der Waals surface area contributed by atoms with Crippen LogP contribution in [-0.2, 0) is 4.79 Å². The smallest absolute Gasteiger partial charge is 0.254 e. The molecular weight excluding hydrogens is 403 g/mol. The monoisotopic (exact) mass is 420 g/mol. The van der Waals surface area contributed by atoms with Crippen molar-refractivity contribution in [2.24, 2.45) is 0 Å². The van der Waals surface area contributed by atoms with Gasteiger partial charge in [-0.3, -0.25) is 9.59 Å². The fourth-order valence-electron chi connectivity index (χ4n) is 3.42. The number of fused-ring (bicyclic) bond motifs is 1. The molecule has 2 amide bonds. The quantitative estimate of drug-likeness (QED) is 0.814. The number of hydrogen-bond donors (Lipinski definition) is 1. The van der Waals surface area contributed by atoms with Crippen LogP contribution in [0, 0.1) is 0 Å². The van der Waals surface area contributed by atoms with Crippen molar-refractivity contribution < 1.29 is 19.1 Å². The van der Waals surface area contributed by atoms with Gasteiger partial charge in [0.1, 0.15) is 19.3 Å². The Balaban J connectivity index is 1.49. The summed E-state index contributed by atoms with van der Waals surface area (Å²) in [5.41, 5.74) is 1.01. The number of likely N-dealkylation sites (tertiary alicyclic amines) is 1. The summed E-state index contributed by atoms with van der Waals surface area (Å²) in [6.45, 7) is 1.49. The van der Waals surface area contributed by atoms with Gasteiger partial charge in [-0.15, -0.1) is 0 Å². The van der Waals surface area contributed by atoms with E-state index in [1.54, 1.807) is 35.2 Å². The van der Waals surface area contributed by atoms with Crippen molar-refractivity contribution in [2.75, 3.05) is 25.1 Å². The predicted molar refractivity (Wildman–Crippen MR) is 107 cm³/mol. The molecule has 0 aliphatic carbocycles. The highest BCUT2D eigenvalue weighted by Gasteiger charge is 2.34. The molecule has 1 saturated heterocycles. The third kappa shape index (κ3) is 3.75. The summed E-state index contributed by atoms with van der Waals surface area (Å²) in [6.07, 6.45) is 1.36. The van der Waals surface area contributed by atoms with Crippen molar-refractivity contribution in [3.8, 4) is 11.5 Å². The fourth-order valence-corrected chi connectivity index (χ4v) is 3.72. The zero-order valence-corrected chi connectivity index (χ0v) is 16.4. The Morgan fingerprint density at radius 2 is 1.79 bits per heavy atom. The van der Waals surface area contributed by atoms with Gasteiger partial charge in [-0.1, -0.05) is 23.2 Å². The van der Waals surface area contributed by atoms with Crippen LogP contribution in [0.15, 0.2) is 36.4 Å². The molecule has 28 heavy (non-hydrogen) atoms. The van der Waals surface area contributed by atoms with E-state index in [4.69, 9.17) is 32.7 Å². The van der Waals surface area contributed by atoms with E-state index in [-0.39, 0.29) is 11.8 Å². The second-order valence-corrected chi connectivity index (χ2v) is 7.45. The van der Waals surface area contributed by atoms with Gasteiger partial charge in [0, 0.05) is 23.9 Å². The summed E-state index contributed by atoms with van der Waals surface area (Å²) in [6, 6.07) is 9.42. The van der Waals surface area contributed by atoms with E-state index in [1.807, 2.05) is 0 Å². The summed E-state index contributed by atoms with van der Waals surface area (Å²) >= 11 is 11.9. The van der Waals surface area contributed by atoms with Crippen molar-refractivity contribution in [1.29, 1.82) is 0 Å². The molecule has 0 saturated carbocycles. The first-order chi connectivity index (χ1) is 13.5. The molecule has 8 heteroatoms. The first kappa shape index (κ1) is 18.9. The second-order valence-electron chi connectivity index (χ2n) is 6.63. The van der Waals surface area contributed by atoms with Gasteiger partial charge in [-0.2, -0.15) is 0 Å². The van der Waals surface area contributed by atoms with Gasteiger partial charge < -0.3 is 19.7 Å². The minimum Gasteiger partial charge on any atom is -0.486 e. The summed E-state index contributed by atoms with van der Waals surface area (Å²) in [4.78, 5) is 27.3. The van der Waals surface area contributed by atoms with Crippen molar-refractivity contribution in [3.05, 3.63) is 52.0 Å². The lowest BCUT2D eigenvalue weighted by molar-refractivity contribution is -0.119. The highest BCUT2D eigenvalue weighted by molar-refractivity contribution is 6.42. The highest BCUT2D eigenvalue weighted by Crippen LogP contribution is 2.33. The van der Waals surface area contributed by atoms with E-state index in [9.17, 15) is 9.59 Å². The molecule has 146 valence electrons. The first-order valence-electron chi connectivity index (χ1n) is 8.99. The van der Waals surface area contributed by atoms with Crippen molar-refractivity contribution in [1.82, 2.24) is 4.90 Å². The molecule has 1 fully saturated rings. The second kappa shape index (κ2) is 7.89. The Labute approximate surface area is 172 Å². The van der Waals surface area contributed by atoms with Crippen molar-refractivity contribution in [2.45, 2.75) is 18.9 Å². The number of rotatable bonds is 3. The van der Waals surface area contributed by atoms with E-state index in [0.717, 1.165) is 6.42 Å². The van der Waals surface area contributed by atoms with Gasteiger partial charge in [0.25, 0.3) is 5.91 Å². The number of nitrogens with one attached hydrogen (secondary N) is 1. The molecule has 4 rings (SSSR count). The number of carbonyl (C=O) groups excluding carboxylic acids is 2. The average molecular weight is 421 g/mol. The first-order valence-corrected chi connectivity index (χ1v) is 9.75. The molecule has 0 aromatic heterocycles. The molecule has 0 bridgehead atoms. The highest BCUT2D eigenvalue weighted by atomic mass is 35.5. The van der Waals surface area contributed by atoms with Crippen LogP contribution in [-0.4, -0.2) is 42.5 Å². The summed E-state index contributed by atoms with van der Waals surface area (Å²) in [7, 11) is 0. The lowest BCUT2D eigenvalue weighted by Gasteiger charge is -2.24. The number of nitrogens with zero attached hydrogens (tertiary/aromatic N) is 1. The number of hydrogen-bond acceptors (Lipinski definition) is 4. The Kier molecular flexibility index (Phi) is 5.33. The van der Waals surface area contributed by atoms with Gasteiger partial charge in [0.2, 0.25) is 5.91 Å². The molecule has 0 radical (unpaired) electrons. The average Bonchev–Trinajstić information content (AvgIpc) is 3.19. The topological polar surface area (TPSA) is 67.9 Å². The van der Waals surface area contributed by atoms with E-state index >= 15 is 0 Å². The molecule has 2 aromatic rings. The van der Waals surface area contributed by atoms with Crippen LogP contribution in [0.25, 0.3) is 0 Å². The normalized spacial score (nSPS) is 18.1. The number of amides is 2. The third-order valence-corrected chi connectivity index (χ3v) is 5.53. The number of benzene rings is 2. The Hall–Kier alpha value is -2.44. The molecule has 2 heterocycles. The van der Waals surface area contributed by atoms with Crippen LogP contribution in [0.1, 0.15) is 23.2 Å². The maximum absolute atomic E-state index is 12.9. The molecule has 6 nitrogen and oxygen atoms in total. The maximum atomic E-state index is 12.9. The molecule has 2 aromatic carbocycles. The van der Waals surface area contributed by atoms with Crippen LogP contribution in [0.3, 0.4) is 0 Å². The minimum atomic E-state index is -0.546. The van der Waals surface area contributed by atoms with Gasteiger partial charge in [-0.05, 0) is 43.2 Å². The zero-order valence-electron chi connectivity index (χ0n) is 14.9. The molecular formula is C20H18Cl2N2O4. The van der Waals surface area contributed by atoms with Crippen LogP contribution in [0.5, 0.6) is 11.5 Å². The van der Waals surface area contributed by atoms with Gasteiger partial charge in [-0.25, -0.2) is 0 Å². The van der Waals surface area contributed by atoms with Gasteiger partial charge in [0.15, 0.2) is 11.5 Å². The van der Waals surface area contributed by atoms with Crippen LogP contribution in [0.4, 0.5) is 5.69 Å². The molecule has 1 unspecified atom stereocenters. The van der Waals surface area contributed by atoms with E-state index in [1.165, 1.54) is 6.07 Å². The Morgan fingerprint density at radius 1 is 1.00 bits per heavy atom. The molecule has 2 aliphatic heterocycles. The number of ether oxygens (including phenoxy) is 2. The van der Waals surface area contributed by atoms with Gasteiger partial charge in [0.05, 0.1) is 10.0 Å². The van der Waals surface area contributed by atoms with Crippen molar-refractivity contribution >= 4 is 40.7 Å². The van der Waals surface area contributed by atoms with Crippen LogP contribution in [0.2, 0.25) is 10.0 Å². The minimum absolute atomic E-state index is 0.234. The largest absolute Gasteiger partial charge is 0.486 e. The molecule has 2 aliphatic rings. The molecule has 1 N–H and O–H groups in total. The summed E-state index contributed by atoms with van der Waals surface area (Å²) in [5, 5.41) is 3.57. The van der Waals surface area contributed by atoms with E-state index < -0.39 is 6.04 Å². The number of halogens is 2. The Bertz CT molecular complexity index is 934. The zero-order chi connectivity index (χ0) is 19.7. The third-order valence-electron chi connectivity index (χ3n) is 4.79. The lowest BCUT2D eigenvalue weighted by Crippen LogP contribution is -2.43. The summed E-state index contributed by atoms with van der Waals surface area (Å²) < 4.78 is 11.0. The van der Waals surface area contributed by atoms with Crippen molar-refractivity contribution in [3.63, 3.8) is 0 Å². The fraction of sp³-hybridized carbons (Fsp3) is 0.300. The SMILES string of the molecule is O=C(Nc1ccc2c(c1)OCCO2)C1CCCN1C(=O)c1ccc(Cl)c(Cl)c1. The standard InChI is InChI=1S/C20H18Cl2N2O4/c21-14-5-3-12(10-15(14)22)20(26)24-7-1-2-16(24)19(25)23-13-4-6-17-18(11-13)28-9-8-27-17/h3-6,10-11,16H,1-2,7-9H2,(H,23,25). The maximum Gasteiger partial charge on any atom is 0.254 e. The predicted octanol–water partition coefficient (Wildman–Crippen LogP) is 4.01. The molecule has 0 spiro atoms. The van der Waals surface area contributed by atoms with Crippen LogP contribution < -0.4 is 14.8 Å². The van der Waals surface area contributed by atoms with Gasteiger partial charge >= 0.3 is 0 Å². The number of carbonyl (C=O) groups is 2.